The van der Waals surface area contributed by atoms with Gasteiger partial charge in [0.2, 0.25) is 0 Å². The van der Waals surface area contributed by atoms with E-state index in [9.17, 15) is 5.11 Å². The summed E-state index contributed by atoms with van der Waals surface area (Å²) in [4.78, 5) is 0. The number of hydrogen-bond donors (Lipinski definition) is 1. The van der Waals surface area contributed by atoms with Gasteiger partial charge in [-0.05, 0) is 0 Å². The van der Waals surface area contributed by atoms with Crippen LogP contribution in [-0.2, 0) is 22.1 Å². The third-order valence-electron chi connectivity index (χ3n) is 1.57. The van der Waals surface area contributed by atoms with Crippen molar-refractivity contribution in [2.45, 2.75) is 10.0 Å². The van der Waals surface area contributed by atoms with Gasteiger partial charge in [-0.25, -0.2) is 0 Å². The summed E-state index contributed by atoms with van der Waals surface area (Å²) >= 11 is 2.66. The predicted octanol–water partition coefficient (Wildman–Crippen LogP) is 2.53. The summed E-state index contributed by atoms with van der Waals surface area (Å²) in [6.45, 7) is 0. The Kier molecular flexibility index (Phi) is 4.64. The molecule has 1 aromatic carbocycles. The van der Waals surface area contributed by atoms with Crippen LogP contribution in [0.1, 0.15) is 11.7 Å². The van der Waals surface area contributed by atoms with Crippen molar-refractivity contribution in [2.75, 3.05) is 0 Å². The topological polar surface area (TPSA) is 20.2 Å². The van der Waals surface area contributed by atoms with Gasteiger partial charge >= 0.3 is 85.1 Å². The first-order chi connectivity index (χ1) is 5.34. The molecule has 1 atom stereocenters. The van der Waals surface area contributed by atoms with Crippen molar-refractivity contribution < 1.29 is 27.3 Å². The van der Waals surface area contributed by atoms with Gasteiger partial charge in [0.15, 0.2) is 0 Å². The van der Waals surface area contributed by atoms with Gasteiger partial charge in [-0.15, -0.1) is 0 Å². The van der Waals surface area contributed by atoms with E-state index in [0.717, 1.165) is 9.49 Å². The van der Waals surface area contributed by atoms with Crippen molar-refractivity contribution >= 4 is 11.9 Å². The van der Waals surface area contributed by atoms with Gasteiger partial charge in [0.25, 0.3) is 0 Å². The second-order valence-corrected chi connectivity index (χ2v) is 13.1. The van der Waals surface area contributed by atoms with E-state index < -0.39 is 22.1 Å². The van der Waals surface area contributed by atoms with Crippen molar-refractivity contribution in [1.82, 2.24) is 0 Å². The van der Waals surface area contributed by atoms with E-state index in [4.69, 9.17) is 0 Å². The Morgan fingerprint density at radius 2 is 2.00 bits per heavy atom. The van der Waals surface area contributed by atoms with Crippen LogP contribution in [0.25, 0.3) is 0 Å². The second-order valence-electron chi connectivity index (χ2n) is 2.40. The van der Waals surface area contributed by atoms with E-state index in [0.29, 0.717) is 0 Å². The van der Waals surface area contributed by atoms with Crippen molar-refractivity contribution in [3.63, 3.8) is 0 Å². The van der Waals surface area contributed by atoms with E-state index in [1.165, 1.54) is 0 Å². The van der Waals surface area contributed by atoms with E-state index in [-0.39, 0.29) is 6.10 Å². The monoisotopic (exact) mass is 402 g/mol. The van der Waals surface area contributed by atoms with Gasteiger partial charge in [-0.2, -0.15) is 0 Å². The molecule has 56 valence electrons. The summed E-state index contributed by atoms with van der Waals surface area (Å²) < 4.78 is 0.990. The van der Waals surface area contributed by atoms with Crippen LogP contribution in [0.3, 0.4) is 0 Å². The quantitative estimate of drug-likeness (QED) is 0.772. The first-order valence-electron chi connectivity index (χ1n) is 3.63. The number of hydrogen-bond acceptors (Lipinski definition) is 1. The molecule has 1 unspecified atom stereocenters. The number of aliphatic hydroxyl groups excluding tert-OH is 1. The third-order valence-corrected chi connectivity index (χ3v) is 8.56. The van der Waals surface area contributed by atoms with Gasteiger partial charge in [-0.1, -0.05) is 0 Å². The van der Waals surface area contributed by atoms with E-state index in [2.05, 4.69) is 11.9 Å². The molecule has 0 heterocycles. The molecule has 11 heavy (non-hydrogen) atoms. The van der Waals surface area contributed by atoms with Crippen LogP contribution < -0.4 is 0 Å². The van der Waals surface area contributed by atoms with Crippen LogP contribution in [0.2, 0.25) is 3.93 Å². The fourth-order valence-electron chi connectivity index (χ4n) is 0.945. The van der Waals surface area contributed by atoms with Crippen molar-refractivity contribution in [3.05, 3.63) is 35.9 Å². The Morgan fingerprint density at radius 3 is 2.55 bits per heavy atom. The van der Waals surface area contributed by atoms with Gasteiger partial charge < -0.3 is 0 Å². The molecule has 1 nitrogen and oxygen atoms in total. The fourth-order valence-corrected chi connectivity index (χ4v) is 6.85. The zero-order chi connectivity index (χ0) is 8.10. The normalized spacial score (nSPS) is 12.2. The minimum atomic E-state index is -0.845. The zero-order valence-corrected chi connectivity index (χ0v) is 13.3. The van der Waals surface area contributed by atoms with Gasteiger partial charge in [0.05, 0.1) is 0 Å². The van der Waals surface area contributed by atoms with Gasteiger partial charge in [-0.3, -0.25) is 0 Å². The molecule has 1 rings (SSSR count). The number of halogens is 1. The molecule has 1 N–H and O–H groups in total. The van der Waals surface area contributed by atoms with Crippen LogP contribution in [0, 0.1) is 0 Å². The van der Waals surface area contributed by atoms with E-state index in [1.54, 1.807) is 0 Å². The summed E-state index contributed by atoms with van der Waals surface area (Å²) in [6.07, 6.45) is -0.225. The van der Waals surface area contributed by atoms with Crippen LogP contribution in [-0.4, -0.2) is 5.11 Å². The molecule has 0 aliphatic heterocycles. The third kappa shape index (κ3) is 3.22. The first kappa shape index (κ1) is 9.68. The van der Waals surface area contributed by atoms with Crippen LogP contribution in [0.4, 0.5) is 0 Å². The molecule has 0 aromatic heterocycles. The summed E-state index contributed by atoms with van der Waals surface area (Å²) in [5.41, 5.74) is 1.05. The van der Waals surface area contributed by atoms with Crippen molar-refractivity contribution in [1.29, 1.82) is 0 Å². The Hall–Kier alpha value is 0.595. The number of benzene rings is 1. The SMILES string of the molecule is OC([CH2][Hg][Br])c1ccccc1. The molecular formula is C8H9BrHgO. The summed E-state index contributed by atoms with van der Waals surface area (Å²) in [6, 6.07) is 9.84. The molecular weight excluding hydrogens is 393 g/mol. The molecule has 0 saturated carbocycles. The Balaban J connectivity index is 2.61. The average Bonchev–Trinajstić information content (AvgIpc) is 2.07. The molecule has 0 amide bonds. The van der Waals surface area contributed by atoms with Crippen LogP contribution >= 0.6 is 11.9 Å². The Bertz CT molecular complexity index is 203. The van der Waals surface area contributed by atoms with Crippen LogP contribution in [0.15, 0.2) is 30.3 Å². The number of aliphatic hydroxyl groups is 1. The summed E-state index contributed by atoms with van der Waals surface area (Å²) in [7, 11) is 0. The van der Waals surface area contributed by atoms with Crippen molar-refractivity contribution in [3.8, 4) is 0 Å². The van der Waals surface area contributed by atoms with E-state index >= 15 is 0 Å². The molecule has 0 radical (unpaired) electrons. The standard InChI is InChI=1S/C8H9O.BrH.Hg/c1-7(9)8-5-3-2-4-6-8;;/h2-7,9H,1H2;1H;/q;;+1/p-1. The molecule has 0 spiro atoms. The fraction of sp³-hybridized carbons (Fsp3) is 0.250. The first-order valence-corrected chi connectivity index (χ1v) is 19.4. The molecule has 3 heteroatoms. The molecule has 0 aliphatic rings. The molecule has 0 fully saturated rings. The predicted molar refractivity (Wildman–Crippen MR) is 45.1 cm³/mol. The average molecular weight is 402 g/mol. The Morgan fingerprint density at radius 1 is 1.36 bits per heavy atom. The Labute approximate surface area is 84.5 Å². The van der Waals surface area contributed by atoms with E-state index in [1.807, 2.05) is 30.3 Å². The summed E-state index contributed by atoms with van der Waals surface area (Å²) in [5.74, 6) is 0. The minimum absolute atomic E-state index is 0.225. The van der Waals surface area contributed by atoms with Crippen LogP contribution in [0.5, 0.6) is 0 Å². The summed E-state index contributed by atoms with van der Waals surface area (Å²) in [5, 5.41) is 9.55. The maximum atomic E-state index is 9.55. The maximum absolute atomic E-state index is 9.55. The van der Waals surface area contributed by atoms with Crippen molar-refractivity contribution in [2.24, 2.45) is 0 Å². The molecule has 0 saturated heterocycles. The second kappa shape index (κ2) is 5.28. The van der Waals surface area contributed by atoms with Gasteiger partial charge in [0.1, 0.15) is 0 Å². The van der Waals surface area contributed by atoms with Gasteiger partial charge in [0, 0.05) is 0 Å². The number of rotatable bonds is 3. The molecule has 0 bridgehead atoms. The molecule has 1 aromatic rings. The zero-order valence-electron chi connectivity index (χ0n) is 6.20. The molecule has 0 aliphatic carbocycles.